The lowest BCUT2D eigenvalue weighted by Crippen LogP contribution is -2.54. The van der Waals surface area contributed by atoms with Crippen LogP contribution in [0.25, 0.3) is 6.08 Å². The molecule has 2 unspecified atom stereocenters. The number of carbonyl (C=O) groups is 1. The van der Waals surface area contributed by atoms with Gasteiger partial charge in [-0.15, -0.1) is 0 Å². The molecule has 1 N–H and O–H groups in total. The van der Waals surface area contributed by atoms with Crippen molar-refractivity contribution < 1.29 is 23.2 Å². The molecule has 162 valence electrons. The minimum atomic E-state index is -4.04. The van der Waals surface area contributed by atoms with Crippen LogP contribution in [0.2, 0.25) is 0 Å². The normalized spacial score (nSPS) is 22.9. The molecule has 3 heterocycles. The Balaban J connectivity index is 1.50. The zero-order chi connectivity index (χ0) is 21.8. The van der Waals surface area contributed by atoms with Gasteiger partial charge in [0.15, 0.2) is 0 Å². The number of nitrogens with zero attached hydrogens (tertiary/aromatic N) is 3. The van der Waals surface area contributed by atoms with Crippen LogP contribution in [-0.4, -0.2) is 43.2 Å². The highest BCUT2D eigenvalue weighted by molar-refractivity contribution is 7.89. The van der Waals surface area contributed by atoms with Gasteiger partial charge in [0.1, 0.15) is 11.5 Å². The van der Waals surface area contributed by atoms with E-state index >= 15 is 0 Å². The summed E-state index contributed by atoms with van der Waals surface area (Å²) >= 11 is 0. The van der Waals surface area contributed by atoms with Gasteiger partial charge in [0, 0.05) is 30.6 Å². The second-order valence-corrected chi connectivity index (χ2v) is 9.67. The van der Waals surface area contributed by atoms with E-state index in [9.17, 15) is 23.6 Å². The van der Waals surface area contributed by atoms with Crippen LogP contribution in [0.1, 0.15) is 17.5 Å². The fraction of sp³-hybridized carbons (Fsp3) is 0.286. The molecule has 9 nitrogen and oxygen atoms in total. The van der Waals surface area contributed by atoms with Crippen molar-refractivity contribution in [3.8, 4) is 0 Å². The Kier molecular flexibility index (Phi) is 4.74. The van der Waals surface area contributed by atoms with Crippen molar-refractivity contribution >= 4 is 33.6 Å². The standard InChI is InChI=1S/C21H20N3O6S/c25-21-23-17-10-11-22(31(28,29)19-7-2-1-6-18(19)24(26)27)12-15(17)9-8-14-4-3-5-16(13-30-21)20(14)23/h1-9,15,17,26H,10-13H2/q-1. The predicted molar refractivity (Wildman–Crippen MR) is 113 cm³/mol. The number of rotatable bonds is 3. The minimum absolute atomic E-state index is 0.134. The molecular formula is C21H20N3O6S-. The Bertz CT molecular complexity index is 1180. The number of carbonyl (C=O) groups excluding carboxylic acids is 1. The Morgan fingerprint density at radius 2 is 1.97 bits per heavy atom. The molecule has 0 radical (unpaired) electrons. The summed E-state index contributed by atoms with van der Waals surface area (Å²) in [6.45, 7) is 0.514. The Labute approximate surface area is 179 Å². The number of amides is 1. The van der Waals surface area contributed by atoms with E-state index in [1.807, 2.05) is 30.4 Å². The first-order valence-corrected chi connectivity index (χ1v) is 11.3. The van der Waals surface area contributed by atoms with Gasteiger partial charge in [0.05, 0.1) is 11.4 Å². The van der Waals surface area contributed by atoms with Gasteiger partial charge in [-0.25, -0.2) is 13.2 Å². The third kappa shape index (κ3) is 3.19. The van der Waals surface area contributed by atoms with Crippen molar-refractivity contribution in [3.05, 3.63) is 64.9 Å². The van der Waals surface area contributed by atoms with E-state index in [0.29, 0.717) is 6.42 Å². The number of benzene rings is 2. The third-order valence-electron chi connectivity index (χ3n) is 6.07. The van der Waals surface area contributed by atoms with Crippen molar-refractivity contribution in [1.82, 2.24) is 4.31 Å². The molecule has 10 heteroatoms. The highest BCUT2D eigenvalue weighted by atomic mass is 32.2. The fourth-order valence-electron chi connectivity index (χ4n) is 4.62. The van der Waals surface area contributed by atoms with E-state index in [2.05, 4.69) is 0 Å². The van der Waals surface area contributed by atoms with Crippen LogP contribution in [-0.2, 0) is 21.4 Å². The molecule has 0 bridgehead atoms. The van der Waals surface area contributed by atoms with E-state index in [1.165, 1.54) is 28.6 Å². The number of fused-ring (bicyclic) bond motifs is 2. The van der Waals surface area contributed by atoms with Crippen LogP contribution in [0.3, 0.4) is 0 Å². The summed E-state index contributed by atoms with van der Waals surface area (Å²) in [7, 11) is -4.04. The van der Waals surface area contributed by atoms with Gasteiger partial charge in [0.25, 0.3) is 0 Å². The summed E-state index contributed by atoms with van der Waals surface area (Å²) in [6, 6.07) is 11.0. The molecule has 2 aromatic rings. The van der Waals surface area contributed by atoms with Crippen LogP contribution < -0.4 is 10.1 Å². The molecule has 1 saturated heterocycles. The molecule has 3 aliphatic rings. The molecule has 3 aliphatic heterocycles. The average Bonchev–Trinajstić information content (AvgIpc) is 2.94. The number of sulfonamides is 1. The van der Waals surface area contributed by atoms with Gasteiger partial charge in [-0.05, 0) is 24.1 Å². The molecule has 1 amide bonds. The van der Waals surface area contributed by atoms with Crippen LogP contribution in [0.15, 0.2) is 53.4 Å². The minimum Gasteiger partial charge on any atom is -0.733 e. The molecule has 5 rings (SSSR count). The zero-order valence-corrected chi connectivity index (χ0v) is 17.2. The van der Waals surface area contributed by atoms with Gasteiger partial charge in [0.2, 0.25) is 10.0 Å². The van der Waals surface area contributed by atoms with E-state index in [1.54, 1.807) is 4.90 Å². The van der Waals surface area contributed by atoms with E-state index in [0.717, 1.165) is 16.8 Å². The maximum atomic E-state index is 13.3. The number of para-hydroxylation sites is 2. The first-order chi connectivity index (χ1) is 14.9. The summed E-state index contributed by atoms with van der Waals surface area (Å²) in [5, 5.41) is 20.4. The summed E-state index contributed by atoms with van der Waals surface area (Å²) in [5.41, 5.74) is 2.31. The maximum Gasteiger partial charge on any atom is 0.414 e. The average molecular weight is 442 g/mol. The molecule has 2 aromatic carbocycles. The van der Waals surface area contributed by atoms with Crippen LogP contribution in [0, 0.1) is 11.1 Å². The predicted octanol–water partition coefficient (Wildman–Crippen LogP) is 2.94. The maximum absolute atomic E-state index is 13.3. The lowest BCUT2D eigenvalue weighted by Gasteiger charge is -2.43. The Morgan fingerprint density at radius 3 is 2.77 bits per heavy atom. The van der Waals surface area contributed by atoms with Crippen molar-refractivity contribution in [3.63, 3.8) is 0 Å². The van der Waals surface area contributed by atoms with Crippen molar-refractivity contribution in [2.24, 2.45) is 5.92 Å². The second kappa shape index (κ2) is 7.34. The fourth-order valence-corrected chi connectivity index (χ4v) is 6.28. The molecule has 31 heavy (non-hydrogen) atoms. The molecule has 0 aromatic heterocycles. The summed E-state index contributed by atoms with van der Waals surface area (Å²) in [4.78, 5) is 14.1. The van der Waals surface area contributed by atoms with E-state index in [-0.39, 0.29) is 42.2 Å². The van der Waals surface area contributed by atoms with Gasteiger partial charge >= 0.3 is 6.09 Å². The number of hydrogen-bond acceptors (Lipinski definition) is 7. The van der Waals surface area contributed by atoms with E-state index in [4.69, 9.17) is 4.74 Å². The Morgan fingerprint density at radius 1 is 1.16 bits per heavy atom. The highest BCUT2D eigenvalue weighted by Crippen LogP contribution is 2.41. The SMILES string of the molecule is O=C1OCc2cccc3c2N1C1CCN(S(=O)(=O)c2ccccc2N([O-])O)CC1C=C3. The number of hydrogen-bond donors (Lipinski definition) is 1. The molecule has 1 fully saturated rings. The van der Waals surface area contributed by atoms with Gasteiger partial charge < -0.3 is 15.2 Å². The summed E-state index contributed by atoms with van der Waals surface area (Å²) in [5.74, 6) is -0.265. The first kappa shape index (κ1) is 20.0. The smallest absolute Gasteiger partial charge is 0.414 e. The lowest BCUT2D eigenvalue weighted by molar-refractivity contribution is 0.132. The Hall–Kier alpha value is -2.92. The number of cyclic esters (lactones) is 1. The summed E-state index contributed by atoms with van der Waals surface area (Å²) < 4.78 is 33.2. The number of ether oxygens (including phenoxy) is 1. The number of anilines is 2. The summed E-state index contributed by atoms with van der Waals surface area (Å²) in [6.07, 6.45) is 3.83. The number of piperidine rings is 1. The molecule has 0 aliphatic carbocycles. The van der Waals surface area contributed by atoms with E-state index < -0.39 is 21.3 Å². The van der Waals surface area contributed by atoms with Gasteiger partial charge in [-0.2, -0.15) is 4.31 Å². The van der Waals surface area contributed by atoms with Crippen molar-refractivity contribution in [2.75, 3.05) is 23.2 Å². The molecular weight excluding hydrogens is 422 g/mol. The largest absolute Gasteiger partial charge is 0.733 e. The molecule has 2 atom stereocenters. The molecule has 0 spiro atoms. The first-order valence-electron chi connectivity index (χ1n) is 9.89. The highest BCUT2D eigenvalue weighted by Gasteiger charge is 2.43. The van der Waals surface area contributed by atoms with Crippen LogP contribution >= 0.6 is 0 Å². The van der Waals surface area contributed by atoms with Gasteiger partial charge in [-0.3, -0.25) is 10.1 Å². The molecule has 0 saturated carbocycles. The quantitative estimate of drug-likeness (QED) is 0.727. The zero-order valence-electron chi connectivity index (χ0n) is 16.4. The van der Waals surface area contributed by atoms with Crippen LogP contribution in [0.5, 0.6) is 0 Å². The monoisotopic (exact) mass is 442 g/mol. The lowest BCUT2D eigenvalue weighted by atomic mass is 9.92. The third-order valence-corrected chi connectivity index (χ3v) is 7.98. The van der Waals surface area contributed by atoms with Crippen LogP contribution in [0.4, 0.5) is 16.2 Å². The van der Waals surface area contributed by atoms with Gasteiger partial charge in [-0.1, -0.05) is 42.5 Å². The topological polar surface area (TPSA) is 113 Å². The van der Waals surface area contributed by atoms with Crippen molar-refractivity contribution in [2.45, 2.75) is 24.0 Å². The van der Waals surface area contributed by atoms with Crippen molar-refractivity contribution in [1.29, 1.82) is 0 Å². The second-order valence-electron chi connectivity index (χ2n) is 7.76.